The zero-order chi connectivity index (χ0) is 17.8. The molecule has 0 unspecified atom stereocenters. The van der Waals surface area contributed by atoms with Crippen LogP contribution in [-0.2, 0) is 5.75 Å². The van der Waals surface area contributed by atoms with E-state index in [0.29, 0.717) is 10.7 Å². The van der Waals surface area contributed by atoms with Gasteiger partial charge in [0.1, 0.15) is 0 Å². The molecule has 1 heterocycles. The number of nitrogens with one attached hydrogen (secondary N) is 1. The Morgan fingerprint density at radius 2 is 1.76 bits per heavy atom. The first-order valence-corrected chi connectivity index (χ1v) is 9.72. The summed E-state index contributed by atoms with van der Waals surface area (Å²) < 4.78 is 0.844. The Morgan fingerprint density at radius 3 is 2.48 bits per heavy atom. The summed E-state index contributed by atoms with van der Waals surface area (Å²) in [5.74, 6) is 0.684. The molecule has 0 aliphatic rings. The third-order valence-corrected chi connectivity index (χ3v) is 5.78. The summed E-state index contributed by atoms with van der Waals surface area (Å²) in [5.41, 5.74) is 5.25. The number of carbonyl (C=O) groups is 1. The molecule has 0 radical (unpaired) electrons. The van der Waals surface area contributed by atoms with E-state index in [-0.39, 0.29) is 5.91 Å². The van der Waals surface area contributed by atoms with Gasteiger partial charge < -0.3 is 0 Å². The van der Waals surface area contributed by atoms with Gasteiger partial charge in [-0.1, -0.05) is 70.6 Å². The number of hydrogen-bond donors (Lipinski definition) is 1. The number of nitrogens with zero attached hydrogens (tertiary/aromatic N) is 2. The number of benzene rings is 2. The molecule has 0 atom stereocenters. The average Bonchev–Trinajstić information content (AvgIpc) is 3.01. The molecule has 2 aromatic carbocycles. The smallest absolute Gasteiger partial charge is 0.257 e. The fourth-order valence-electron chi connectivity index (χ4n) is 2.38. The fraction of sp³-hybridized carbons (Fsp3) is 0.211. The molecule has 0 saturated carbocycles. The van der Waals surface area contributed by atoms with Gasteiger partial charge in [0.2, 0.25) is 5.13 Å². The number of amides is 1. The molecule has 0 saturated heterocycles. The first-order valence-electron chi connectivity index (χ1n) is 7.92. The summed E-state index contributed by atoms with van der Waals surface area (Å²) in [6.07, 6.45) is 0. The van der Waals surface area contributed by atoms with Gasteiger partial charge in [-0.05, 0) is 38.0 Å². The summed E-state index contributed by atoms with van der Waals surface area (Å²) in [4.78, 5) is 12.4. The van der Waals surface area contributed by atoms with Crippen molar-refractivity contribution in [2.75, 3.05) is 5.32 Å². The van der Waals surface area contributed by atoms with Crippen molar-refractivity contribution in [3.8, 4) is 0 Å². The maximum absolute atomic E-state index is 12.4. The van der Waals surface area contributed by atoms with Crippen LogP contribution in [0.3, 0.4) is 0 Å². The van der Waals surface area contributed by atoms with Crippen molar-refractivity contribution in [3.05, 3.63) is 70.3 Å². The Kier molecular flexibility index (Phi) is 5.50. The molecule has 0 fully saturated rings. The number of aromatic nitrogens is 2. The number of hydrogen-bond acceptors (Lipinski definition) is 5. The zero-order valence-corrected chi connectivity index (χ0v) is 16.0. The second kappa shape index (κ2) is 7.80. The maximum atomic E-state index is 12.4. The minimum atomic E-state index is -0.149. The van der Waals surface area contributed by atoms with Gasteiger partial charge in [-0.3, -0.25) is 10.1 Å². The normalized spacial score (nSPS) is 10.7. The van der Waals surface area contributed by atoms with Gasteiger partial charge in [-0.25, -0.2) is 0 Å². The van der Waals surface area contributed by atoms with E-state index in [1.165, 1.54) is 22.5 Å². The maximum Gasteiger partial charge on any atom is 0.257 e. The number of anilines is 1. The number of thioether (sulfide) groups is 1. The van der Waals surface area contributed by atoms with Crippen molar-refractivity contribution in [1.82, 2.24) is 10.2 Å². The van der Waals surface area contributed by atoms with Gasteiger partial charge in [0.25, 0.3) is 5.91 Å². The summed E-state index contributed by atoms with van der Waals surface area (Å²) in [5, 5.41) is 11.6. The molecule has 1 amide bonds. The van der Waals surface area contributed by atoms with E-state index in [4.69, 9.17) is 0 Å². The van der Waals surface area contributed by atoms with E-state index in [1.54, 1.807) is 11.8 Å². The van der Waals surface area contributed by atoms with Gasteiger partial charge in [0.15, 0.2) is 4.34 Å². The molecule has 25 heavy (non-hydrogen) atoms. The monoisotopic (exact) mass is 369 g/mol. The Hall–Kier alpha value is -2.18. The Morgan fingerprint density at radius 1 is 1.04 bits per heavy atom. The molecule has 0 spiro atoms. The van der Waals surface area contributed by atoms with Crippen LogP contribution in [0.4, 0.5) is 5.13 Å². The highest BCUT2D eigenvalue weighted by atomic mass is 32.2. The van der Waals surface area contributed by atoms with E-state index in [1.807, 2.05) is 32.0 Å². The van der Waals surface area contributed by atoms with Crippen molar-refractivity contribution >= 4 is 34.1 Å². The summed E-state index contributed by atoms with van der Waals surface area (Å²) in [7, 11) is 0. The van der Waals surface area contributed by atoms with Crippen LogP contribution in [0, 0.1) is 20.8 Å². The van der Waals surface area contributed by atoms with Crippen molar-refractivity contribution in [1.29, 1.82) is 0 Å². The van der Waals surface area contributed by atoms with Gasteiger partial charge >= 0.3 is 0 Å². The van der Waals surface area contributed by atoms with Crippen LogP contribution in [0.25, 0.3) is 0 Å². The van der Waals surface area contributed by atoms with Crippen molar-refractivity contribution in [2.24, 2.45) is 0 Å². The summed E-state index contributed by atoms with van der Waals surface area (Å²) >= 11 is 3.02. The Bertz CT molecular complexity index is 888. The summed E-state index contributed by atoms with van der Waals surface area (Å²) in [6, 6.07) is 14.2. The molecule has 3 rings (SSSR count). The highest BCUT2D eigenvalue weighted by Gasteiger charge is 2.12. The number of aryl methyl sites for hydroxylation is 3. The largest absolute Gasteiger partial charge is 0.296 e. The van der Waals surface area contributed by atoms with Crippen LogP contribution in [0.15, 0.2) is 46.8 Å². The molecule has 1 aromatic heterocycles. The van der Waals surface area contributed by atoms with Crippen molar-refractivity contribution in [2.45, 2.75) is 30.9 Å². The lowest BCUT2D eigenvalue weighted by molar-refractivity contribution is 0.102. The molecule has 0 aliphatic carbocycles. The molecule has 4 nitrogen and oxygen atoms in total. The van der Waals surface area contributed by atoms with E-state index in [2.05, 4.69) is 46.7 Å². The van der Waals surface area contributed by atoms with E-state index in [9.17, 15) is 4.79 Å². The van der Waals surface area contributed by atoms with Crippen LogP contribution >= 0.6 is 23.1 Å². The van der Waals surface area contributed by atoms with Crippen LogP contribution in [0.2, 0.25) is 0 Å². The molecule has 6 heteroatoms. The predicted molar refractivity (Wildman–Crippen MR) is 105 cm³/mol. The van der Waals surface area contributed by atoms with E-state index < -0.39 is 0 Å². The van der Waals surface area contributed by atoms with Gasteiger partial charge in [-0.2, -0.15) is 0 Å². The first kappa shape index (κ1) is 17.6. The van der Waals surface area contributed by atoms with Crippen molar-refractivity contribution < 1.29 is 4.79 Å². The van der Waals surface area contributed by atoms with Crippen LogP contribution in [0.5, 0.6) is 0 Å². The standard InChI is InChI=1S/C19H19N3OS2/c1-12-4-7-15(8-5-12)11-24-19-22-21-18(25-19)20-17(23)16-9-6-13(2)10-14(16)3/h4-10H,11H2,1-3H3,(H,20,21,23). The molecular weight excluding hydrogens is 350 g/mol. The molecule has 0 bridgehead atoms. The minimum absolute atomic E-state index is 0.149. The first-order chi connectivity index (χ1) is 12.0. The summed E-state index contributed by atoms with van der Waals surface area (Å²) in [6.45, 7) is 6.02. The predicted octanol–water partition coefficient (Wildman–Crippen LogP) is 5.01. The van der Waals surface area contributed by atoms with Crippen LogP contribution < -0.4 is 5.32 Å². The Labute approximate surface area is 155 Å². The zero-order valence-electron chi connectivity index (χ0n) is 14.4. The second-order valence-corrected chi connectivity index (χ2v) is 8.12. The molecule has 0 aliphatic heterocycles. The van der Waals surface area contributed by atoms with Crippen LogP contribution in [-0.4, -0.2) is 16.1 Å². The van der Waals surface area contributed by atoms with Crippen LogP contribution in [0.1, 0.15) is 32.6 Å². The lowest BCUT2D eigenvalue weighted by atomic mass is 10.1. The minimum Gasteiger partial charge on any atom is -0.296 e. The third-order valence-electron chi connectivity index (χ3n) is 3.74. The SMILES string of the molecule is Cc1ccc(CSc2nnc(NC(=O)c3ccc(C)cc3C)s2)cc1. The third kappa shape index (κ3) is 4.67. The van der Waals surface area contributed by atoms with Gasteiger partial charge in [-0.15, -0.1) is 10.2 Å². The van der Waals surface area contributed by atoms with E-state index in [0.717, 1.165) is 21.2 Å². The molecule has 128 valence electrons. The molecule has 3 aromatic rings. The number of rotatable bonds is 5. The lowest BCUT2D eigenvalue weighted by Gasteiger charge is -2.05. The van der Waals surface area contributed by atoms with Crippen molar-refractivity contribution in [3.63, 3.8) is 0 Å². The second-order valence-electron chi connectivity index (χ2n) is 5.92. The molecular formula is C19H19N3OS2. The topological polar surface area (TPSA) is 54.9 Å². The molecule has 1 N–H and O–H groups in total. The Balaban J connectivity index is 1.61. The van der Waals surface area contributed by atoms with Gasteiger partial charge in [0, 0.05) is 11.3 Å². The lowest BCUT2D eigenvalue weighted by Crippen LogP contribution is -2.13. The van der Waals surface area contributed by atoms with E-state index >= 15 is 0 Å². The number of carbonyl (C=O) groups excluding carboxylic acids is 1. The quantitative estimate of drug-likeness (QED) is 0.507. The highest BCUT2D eigenvalue weighted by molar-refractivity contribution is 8.00. The fourth-order valence-corrected chi connectivity index (χ4v) is 4.08. The highest BCUT2D eigenvalue weighted by Crippen LogP contribution is 2.28. The van der Waals surface area contributed by atoms with Gasteiger partial charge in [0.05, 0.1) is 0 Å². The average molecular weight is 370 g/mol.